The van der Waals surface area contributed by atoms with Gasteiger partial charge in [-0.2, -0.15) is 0 Å². The second kappa shape index (κ2) is 14.3. The molecule has 0 N–H and O–H groups in total. The average Bonchev–Trinajstić information content (AvgIpc) is 2.71. The van der Waals surface area contributed by atoms with Gasteiger partial charge in [0, 0.05) is 0 Å². The number of hydrogen-bond donors (Lipinski definition) is 0. The molecule has 0 saturated carbocycles. The minimum absolute atomic E-state index is 0.924. The standard InChI is InChI=1S/C13Cl27/c14-1(15)2(16,17)3(18,19)4(20,21)5(22,23)6(24,25)7(26,27)8(28,29)9(30,31)10(32,33)11(34,35)12(36,37)13(38,39)40. The van der Waals surface area contributed by atoms with Gasteiger partial charge < -0.3 is 0 Å². The van der Waals surface area contributed by atoms with Crippen LogP contribution in [0.15, 0.2) is 0 Å². The molecule has 0 heterocycles. The van der Waals surface area contributed by atoms with Crippen LogP contribution in [0.25, 0.3) is 0 Å². The highest BCUT2D eigenvalue weighted by Gasteiger charge is 2.85. The Morgan fingerprint density at radius 1 is 0.225 bits per heavy atom. The van der Waals surface area contributed by atoms with E-state index in [1.165, 1.54) is 0 Å². The fourth-order valence-electron chi connectivity index (χ4n) is 2.07. The van der Waals surface area contributed by atoms with Crippen molar-refractivity contribution in [3.63, 3.8) is 0 Å². The Labute approximate surface area is 363 Å². The SMILES string of the molecule is Cl[C](Cl)C(Cl)(Cl)C(Cl)(Cl)C(Cl)(Cl)C(Cl)(Cl)C(Cl)(Cl)C(Cl)(Cl)C(Cl)(Cl)C(Cl)(Cl)C(Cl)(Cl)C(Cl)(Cl)C(Cl)(Cl)C(Cl)(Cl)Cl. The Kier molecular flexibility index (Phi) is 17.1. The second-order valence-electron chi connectivity index (χ2n) is 7.08. The van der Waals surface area contributed by atoms with E-state index in [0.717, 1.165) is 0 Å². The third kappa shape index (κ3) is 7.23. The summed E-state index contributed by atoms with van der Waals surface area (Å²) in [7, 11) is 0. The molecule has 27 heteroatoms. The molecule has 0 atom stereocenters. The van der Waals surface area contributed by atoms with Crippen LogP contribution in [0.2, 0.25) is 0 Å². The van der Waals surface area contributed by atoms with Gasteiger partial charge in [-0.05, 0) is 0 Å². The zero-order valence-electron chi connectivity index (χ0n) is 16.7. The maximum atomic E-state index is 6.41. The summed E-state index contributed by atoms with van der Waals surface area (Å²) in [6.45, 7) is 0. The summed E-state index contributed by atoms with van der Waals surface area (Å²) in [6.07, 6.45) is 0. The lowest BCUT2D eigenvalue weighted by atomic mass is 9.98. The van der Waals surface area contributed by atoms with Crippen molar-refractivity contribution in [1.82, 2.24) is 0 Å². The third-order valence-corrected chi connectivity index (χ3v) is 23.1. The fourth-order valence-corrected chi connectivity index (χ4v) is 10.6. The molecule has 0 aromatic heterocycles. The van der Waals surface area contributed by atoms with Crippen molar-refractivity contribution in [3.8, 4) is 0 Å². The Bertz CT molecular complexity index is 915. The molecule has 0 unspecified atom stereocenters. The zero-order valence-corrected chi connectivity index (χ0v) is 37.1. The number of hydrogen-bond acceptors (Lipinski definition) is 0. The monoisotopic (exact) mass is 1100 g/mol. The Morgan fingerprint density at radius 2 is 0.375 bits per heavy atom. The predicted molar refractivity (Wildman–Crippen MR) is 194 cm³/mol. The first-order chi connectivity index (χ1) is 16.7. The highest BCUT2D eigenvalue weighted by molar-refractivity contribution is 6.85. The van der Waals surface area contributed by atoms with E-state index in [1.54, 1.807) is 0 Å². The first-order valence-corrected chi connectivity index (χ1v) is 18.3. The van der Waals surface area contributed by atoms with Crippen LogP contribution in [0.5, 0.6) is 0 Å². The lowest BCUT2D eigenvalue weighted by Crippen LogP contribution is -2.74. The van der Waals surface area contributed by atoms with E-state index >= 15 is 0 Å². The molecule has 40 heavy (non-hydrogen) atoms. The highest BCUT2D eigenvalue weighted by atomic mass is 35.6. The van der Waals surface area contributed by atoms with Gasteiger partial charge in [0.05, 0.1) is 0 Å². The maximum absolute atomic E-state index is 6.41. The maximum Gasteiger partial charge on any atom is 0.226 e. The molecule has 0 aliphatic rings. The van der Waals surface area contributed by atoms with Crippen LogP contribution in [0.4, 0.5) is 0 Å². The quantitative estimate of drug-likeness (QED) is 0.181. The van der Waals surface area contributed by atoms with Crippen LogP contribution in [-0.4, -0.2) is 51.5 Å². The molecular formula is C13Cl27. The van der Waals surface area contributed by atoms with Crippen molar-refractivity contribution in [1.29, 1.82) is 0 Å². The van der Waals surface area contributed by atoms with Gasteiger partial charge in [0.15, 0.2) is 48.2 Å². The van der Waals surface area contributed by atoms with E-state index in [0.29, 0.717) is 0 Å². The van der Waals surface area contributed by atoms with Crippen molar-refractivity contribution in [2.24, 2.45) is 0 Å². The summed E-state index contributed by atoms with van der Waals surface area (Å²) in [6, 6.07) is 0. The second-order valence-corrected chi connectivity index (χ2v) is 24.9. The van der Waals surface area contributed by atoms with Gasteiger partial charge in [0.2, 0.25) is 8.13 Å². The highest BCUT2D eigenvalue weighted by Crippen LogP contribution is 2.76. The summed E-state index contributed by atoms with van der Waals surface area (Å²) in [4.78, 5) is -0.924. The van der Waals surface area contributed by atoms with Gasteiger partial charge in [0.25, 0.3) is 0 Å². The van der Waals surface area contributed by atoms with E-state index in [-0.39, 0.29) is 0 Å². The van der Waals surface area contributed by atoms with Gasteiger partial charge in [0.1, 0.15) is 0 Å². The average molecular weight is 1110 g/mol. The molecule has 0 nitrogen and oxygen atoms in total. The molecule has 1 radical (unpaired) electrons. The van der Waals surface area contributed by atoms with Crippen molar-refractivity contribution >= 4 is 313 Å². The van der Waals surface area contributed by atoms with Crippen LogP contribution in [0, 0.1) is 4.84 Å². The fraction of sp³-hybridized carbons (Fsp3) is 0.923. The van der Waals surface area contributed by atoms with Gasteiger partial charge in [-0.25, -0.2) is 0 Å². The van der Waals surface area contributed by atoms with Crippen LogP contribution >= 0.6 is 313 Å². The summed E-state index contributed by atoms with van der Waals surface area (Å²) < 4.78 is -38.1. The number of halogens is 27. The molecule has 0 spiro atoms. The number of rotatable bonds is 11. The molecule has 0 saturated heterocycles. The molecular weight excluding hydrogens is 1110 g/mol. The lowest BCUT2D eigenvalue weighted by Gasteiger charge is -2.57. The van der Waals surface area contributed by atoms with Crippen LogP contribution in [0.1, 0.15) is 0 Å². The van der Waals surface area contributed by atoms with Crippen molar-refractivity contribution in [3.05, 3.63) is 4.84 Å². The molecule has 0 aromatic carbocycles. The van der Waals surface area contributed by atoms with E-state index in [9.17, 15) is 0 Å². The first-order valence-electron chi connectivity index (χ1n) is 8.10. The third-order valence-electron chi connectivity index (χ3n) is 4.54. The van der Waals surface area contributed by atoms with E-state index in [1.807, 2.05) is 0 Å². The zero-order chi connectivity index (χ0) is 33.6. The lowest BCUT2D eigenvalue weighted by molar-refractivity contribution is 0.416. The topological polar surface area (TPSA) is 0 Å². The molecule has 241 valence electrons. The van der Waals surface area contributed by atoms with Gasteiger partial charge in [-0.1, -0.05) is 313 Å². The summed E-state index contributed by atoms with van der Waals surface area (Å²) in [5.41, 5.74) is 0. The van der Waals surface area contributed by atoms with E-state index in [4.69, 9.17) is 313 Å². The predicted octanol–water partition coefficient (Wildman–Crippen LogP) is 16.2. The largest absolute Gasteiger partial charge is 0.226 e. The molecule has 0 bridgehead atoms. The molecule has 0 aromatic rings. The van der Waals surface area contributed by atoms with Gasteiger partial charge in [-0.15, -0.1) is 0 Å². The molecule has 0 fully saturated rings. The first kappa shape index (κ1) is 47.8. The van der Waals surface area contributed by atoms with Crippen molar-refractivity contribution < 1.29 is 0 Å². The molecule has 0 amide bonds. The molecule has 0 aliphatic carbocycles. The normalized spacial score (nSPS) is 17.1. The van der Waals surface area contributed by atoms with Crippen LogP contribution in [0.3, 0.4) is 0 Å². The Balaban J connectivity index is 7.35. The van der Waals surface area contributed by atoms with Crippen molar-refractivity contribution in [2.75, 3.05) is 0 Å². The minimum atomic E-state index is -3.41. The molecule has 0 aliphatic heterocycles. The summed E-state index contributed by atoms with van der Waals surface area (Å²) >= 11 is 167. The Hall–Kier alpha value is 7.83. The van der Waals surface area contributed by atoms with Crippen LogP contribution in [-0.2, 0) is 0 Å². The van der Waals surface area contributed by atoms with Crippen molar-refractivity contribution in [2.45, 2.75) is 51.5 Å². The number of alkyl halides is 25. The Morgan fingerprint density at radius 3 is 0.525 bits per heavy atom. The summed E-state index contributed by atoms with van der Waals surface area (Å²) in [5.74, 6) is 0. The van der Waals surface area contributed by atoms with Gasteiger partial charge in [-0.3, -0.25) is 0 Å². The van der Waals surface area contributed by atoms with E-state index < -0.39 is 56.3 Å². The van der Waals surface area contributed by atoms with E-state index in [2.05, 4.69) is 0 Å². The summed E-state index contributed by atoms with van der Waals surface area (Å²) in [5, 5.41) is 0. The smallest absolute Gasteiger partial charge is 0.0946 e. The van der Waals surface area contributed by atoms with Gasteiger partial charge >= 0.3 is 0 Å². The minimum Gasteiger partial charge on any atom is -0.0946 e. The van der Waals surface area contributed by atoms with Crippen LogP contribution < -0.4 is 0 Å². The molecule has 0 rings (SSSR count).